The molecule has 2 amide bonds. The van der Waals surface area contributed by atoms with Gasteiger partial charge in [0.1, 0.15) is 0 Å². The molecule has 0 saturated heterocycles. The van der Waals surface area contributed by atoms with Gasteiger partial charge in [-0.25, -0.2) is 0 Å². The SMILES string of the molecule is CC(=O)Nc1ccc(NC(=O)c2ccn(C)c(=O)c2)c(C(F)(F)F)c1. The Bertz CT molecular complexity index is 888. The van der Waals surface area contributed by atoms with Gasteiger partial charge < -0.3 is 15.2 Å². The van der Waals surface area contributed by atoms with Gasteiger partial charge in [-0.2, -0.15) is 13.2 Å². The second kappa shape index (κ2) is 6.80. The van der Waals surface area contributed by atoms with Crippen LogP contribution in [-0.2, 0) is 18.0 Å². The molecule has 0 saturated carbocycles. The number of pyridine rings is 1. The first-order valence-electron chi connectivity index (χ1n) is 7.05. The zero-order valence-corrected chi connectivity index (χ0v) is 13.3. The summed E-state index contributed by atoms with van der Waals surface area (Å²) in [5, 5.41) is 4.39. The summed E-state index contributed by atoms with van der Waals surface area (Å²) in [6.07, 6.45) is -3.41. The lowest BCUT2D eigenvalue weighted by atomic mass is 10.1. The maximum atomic E-state index is 13.2. The van der Waals surface area contributed by atoms with Crippen LogP contribution in [0.4, 0.5) is 24.5 Å². The summed E-state index contributed by atoms with van der Waals surface area (Å²) in [5.41, 5.74) is -2.18. The highest BCUT2D eigenvalue weighted by molar-refractivity contribution is 6.04. The standard InChI is InChI=1S/C16H14F3N3O3/c1-9(23)20-11-3-4-13(12(8-11)16(17,18)19)21-15(25)10-5-6-22(2)14(24)7-10/h3-8H,1-2H3,(H,20,23)(H,21,25). The number of hydrogen-bond donors (Lipinski definition) is 2. The van der Waals surface area contributed by atoms with Crippen LogP contribution >= 0.6 is 0 Å². The van der Waals surface area contributed by atoms with E-state index < -0.39 is 34.8 Å². The van der Waals surface area contributed by atoms with Crippen LogP contribution in [0.1, 0.15) is 22.8 Å². The monoisotopic (exact) mass is 353 g/mol. The largest absolute Gasteiger partial charge is 0.418 e. The normalized spacial score (nSPS) is 11.1. The Labute approximate surface area is 140 Å². The van der Waals surface area contributed by atoms with E-state index in [1.807, 2.05) is 0 Å². The predicted molar refractivity (Wildman–Crippen MR) is 85.4 cm³/mol. The Balaban J connectivity index is 2.37. The van der Waals surface area contributed by atoms with Gasteiger partial charge in [0.15, 0.2) is 0 Å². The maximum absolute atomic E-state index is 13.2. The Morgan fingerprint density at radius 1 is 1.08 bits per heavy atom. The smallest absolute Gasteiger partial charge is 0.326 e. The molecule has 2 aromatic rings. The number of nitrogens with zero attached hydrogens (tertiary/aromatic N) is 1. The summed E-state index contributed by atoms with van der Waals surface area (Å²) in [7, 11) is 1.48. The average molecular weight is 353 g/mol. The number of carbonyl (C=O) groups is 2. The highest BCUT2D eigenvalue weighted by Crippen LogP contribution is 2.36. The number of aromatic nitrogens is 1. The number of halogens is 3. The number of rotatable bonds is 3. The van der Waals surface area contributed by atoms with E-state index in [0.717, 1.165) is 18.2 Å². The number of aryl methyl sites for hydroxylation is 1. The van der Waals surface area contributed by atoms with Gasteiger partial charge in [0.2, 0.25) is 5.91 Å². The first-order valence-corrected chi connectivity index (χ1v) is 7.05. The van der Waals surface area contributed by atoms with Crippen LogP contribution in [0.2, 0.25) is 0 Å². The molecule has 132 valence electrons. The van der Waals surface area contributed by atoms with Crippen LogP contribution in [-0.4, -0.2) is 16.4 Å². The quantitative estimate of drug-likeness (QED) is 0.890. The molecular weight excluding hydrogens is 339 g/mol. The molecule has 1 aromatic heterocycles. The highest BCUT2D eigenvalue weighted by Gasteiger charge is 2.34. The zero-order chi connectivity index (χ0) is 18.8. The van der Waals surface area contributed by atoms with Gasteiger partial charge >= 0.3 is 6.18 Å². The maximum Gasteiger partial charge on any atom is 0.418 e. The Kier molecular flexibility index (Phi) is 4.96. The van der Waals surface area contributed by atoms with Gasteiger partial charge in [-0.15, -0.1) is 0 Å². The number of hydrogen-bond acceptors (Lipinski definition) is 3. The fourth-order valence-electron chi connectivity index (χ4n) is 2.05. The van der Waals surface area contributed by atoms with Crippen molar-refractivity contribution in [1.82, 2.24) is 4.57 Å². The average Bonchev–Trinajstić information content (AvgIpc) is 2.49. The van der Waals surface area contributed by atoms with Crippen LogP contribution < -0.4 is 16.2 Å². The summed E-state index contributed by atoms with van der Waals surface area (Å²) < 4.78 is 40.9. The first-order chi connectivity index (χ1) is 11.6. The Hall–Kier alpha value is -3.10. The van der Waals surface area contributed by atoms with Crippen molar-refractivity contribution in [3.05, 3.63) is 58.0 Å². The van der Waals surface area contributed by atoms with Gasteiger partial charge in [-0.1, -0.05) is 0 Å². The van der Waals surface area contributed by atoms with Crippen molar-refractivity contribution >= 4 is 23.2 Å². The van der Waals surface area contributed by atoms with Crippen molar-refractivity contribution in [3.63, 3.8) is 0 Å². The Morgan fingerprint density at radius 3 is 2.32 bits per heavy atom. The molecular formula is C16H14F3N3O3. The minimum Gasteiger partial charge on any atom is -0.326 e. The van der Waals surface area contributed by atoms with Crippen molar-refractivity contribution in [3.8, 4) is 0 Å². The molecule has 0 bridgehead atoms. The number of alkyl halides is 3. The lowest BCUT2D eigenvalue weighted by molar-refractivity contribution is -0.137. The molecule has 0 aliphatic rings. The molecule has 0 radical (unpaired) electrons. The first kappa shape index (κ1) is 18.2. The third kappa shape index (κ3) is 4.46. The molecule has 1 aromatic carbocycles. The van der Waals surface area contributed by atoms with Crippen molar-refractivity contribution in [1.29, 1.82) is 0 Å². The molecule has 0 unspecified atom stereocenters. The number of benzene rings is 1. The van der Waals surface area contributed by atoms with Crippen LogP contribution in [0.25, 0.3) is 0 Å². The van der Waals surface area contributed by atoms with E-state index in [-0.39, 0.29) is 11.3 Å². The molecule has 25 heavy (non-hydrogen) atoms. The van der Waals surface area contributed by atoms with Gasteiger partial charge in [0, 0.05) is 37.5 Å². The van der Waals surface area contributed by atoms with E-state index >= 15 is 0 Å². The van der Waals surface area contributed by atoms with Crippen LogP contribution in [0, 0.1) is 0 Å². The van der Waals surface area contributed by atoms with E-state index in [1.165, 1.54) is 36.9 Å². The summed E-state index contributed by atoms with van der Waals surface area (Å²) >= 11 is 0. The number of amides is 2. The van der Waals surface area contributed by atoms with Gasteiger partial charge in [0.05, 0.1) is 11.3 Å². The summed E-state index contributed by atoms with van der Waals surface area (Å²) in [6.45, 7) is 1.17. The van der Waals surface area contributed by atoms with Crippen molar-refractivity contribution < 1.29 is 22.8 Å². The molecule has 6 nitrogen and oxygen atoms in total. The third-order valence-electron chi connectivity index (χ3n) is 3.26. The molecule has 0 aliphatic carbocycles. The second-order valence-corrected chi connectivity index (χ2v) is 5.26. The molecule has 1 heterocycles. The van der Waals surface area contributed by atoms with Gasteiger partial charge in [-0.3, -0.25) is 14.4 Å². The fourth-order valence-corrected chi connectivity index (χ4v) is 2.05. The summed E-state index contributed by atoms with van der Waals surface area (Å²) in [4.78, 5) is 34.6. The van der Waals surface area contributed by atoms with E-state index in [2.05, 4.69) is 10.6 Å². The molecule has 0 aliphatic heterocycles. The summed E-state index contributed by atoms with van der Waals surface area (Å²) in [5.74, 6) is -1.37. The Morgan fingerprint density at radius 2 is 1.76 bits per heavy atom. The van der Waals surface area contributed by atoms with Crippen molar-refractivity contribution in [2.45, 2.75) is 13.1 Å². The minimum absolute atomic E-state index is 0.0496. The third-order valence-corrected chi connectivity index (χ3v) is 3.26. The van der Waals surface area contributed by atoms with Gasteiger partial charge in [-0.05, 0) is 24.3 Å². The number of anilines is 2. The van der Waals surface area contributed by atoms with Crippen molar-refractivity contribution in [2.75, 3.05) is 10.6 Å². The highest BCUT2D eigenvalue weighted by atomic mass is 19.4. The van der Waals surface area contributed by atoms with Gasteiger partial charge in [0.25, 0.3) is 11.5 Å². The van der Waals surface area contributed by atoms with Crippen molar-refractivity contribution in [2.24, 2.45) is 7.05 Å². The van der Waals surface area contributed by atoms with Crippen LogP contribution in [0.5, 0.6) is 0 Å². The fraction of sp³-hybridized carbons (Fsp3) is 0.188. The lowest BCUT2D eigenvalue weighted by Crippen LogP contribution is -2.21. The topological polar surface area (TPSA) is 80.2 Å². The summed E-state index contributed by atoms with van der Waals surface area (Å²) in [6, 6.07) is 5.33. The van der Waals surface area contributed by atoms with Crippen LogP contribution in [0.3, 0.4) is 0 Å². The zero-order valence-electron chi connectivity index (χ0n) is 13.3. The molecule has 0 atom stereocenters. The molecule has 0 spiro atoms. The predicted octanol–water partition coefficient (Wildman–Crippen LogP) is 2.61. The second-order valence-electron chi connectivity index (χ2n) is 5.26. The molecule has 2 N–H and O–H groups in total. The van der Waals surface area contributed by atoms with Crippen LogP contribution in [0.15, 0.2) is 41.3 Å². The lowest BCUT2D eigenvalue weighted by Gasteiger charge is -2.15. The molecule has 9 heteroatoms. The minimum atomic E-state index is -4.75. The van der Waals surface area contributed by atoms with E-state index in [0.29, 0.717) is 0 Å². The van der Waals surface area contributed by atoms with E-state index in [4.69, 9.17) is 0 Å². The van der Waals surface area contributed by atoms with E-state index in [9.17, 15) is 27.6 Å². The number of carbonyl (C=O) groups excluding carboxylic acids is 2. The number of nitrogens with one attached hydrogen (secondary N) is 2. The molecule has 0 fully saturated rings. The van der Waals surface area contributed by atoms with E-state index in [1.54, 1.807) is 0 Å². The molecule has 2 rings (SSSR count).